The van der Waals surface area contributed by atoms with E-state index < -0.39 is 29.9 Å². The first-order valence-electron chi connectivity index (χ1n) is 4.55. The lowest BCUT2D eigenvalue weighted by Crippen LogP contribution is -2.51. The van der Waals surface area contributed by atoms with Gasteiger partial charge in [0.15, 0.2) is 0 Å². The normalized spacial score (nSPS) is 11.4. The lowest BCUT2D eigenvalue weighted by molar-refractivity contribution is -0.189. The lowest BCUT2D eigenvalue weighted by atomic mass is 9.99. The molecule has 0 spiro atoms. The standard InChI is InChI=1S/C9H14O7/c1-5(2)4-16-9(7(12)13,8(14)15)3-6(10)11/h5H,3-4H2,1-2H3,(H,10,11)(H,12,13)(H,14,15). The number of aliphatic carboxylic acids is 3. The van der Waals surface area contributed by atoms with Crippen LogP contribution < -0.4 is 0 Å². The van der Waals surface area contributed by atoms with Crippen LogP contribution in [-0.2, 0) is 19.1 Å². The highest BCUT2D eigenvalue weighted by Crippen LogP contribution is 2.19. The minimum absolute atomic E-state index is 0.105. The lowest BCUT2D eigenvalue weighted by Gasteiger charge is -2.24. The fraction of sp³-hybridized carbons (Fsp3) is 0.667. The Morgan fingerprint density at radius 3 is 1.81 bits per heavy atom. The fourth-order valence-electron chi connectivity index (χ4n) is 0.939. The van der Waals surface area contributed by atoms with Crippen molar-refractivity contribution in [3.63, 3.8) is 0 Å². The number of hydrogen-bond acceptors (Lipinski definition) is 4. The molecular formula is C9H14O7. The molecule has 0 aliphatic rings. The highest BCUT2D eigenvalue weighted by molar-refractivity contribution is 6.04. The molecule has 7 nitrogen and oxygen atoms in total. The zero-order chi connectivity index (χ0) is 12.9. The largest absolute Gasteiger partial charge is 0.481 e. The van der Waals surface area contributed by atoms with Gasteiger partial charge in [-0.1, -0.05) is 13.8 Å². The molecule has 0 rings (SSSR count). The van der Waals surface area contributed by atoms with Crippen LogP contribution in [0.5, 0.6) is 0 Å². The van der Waals surface area contributed by atoms with E-state index in [2.05, 4.69) is 0 Å². The van der Waals surface area contributed by atoms with E-state index in [9.17, 15) is 14.4 Å². The molecule has 0 aromatic rings. The van der Waals surface area contributed by atoms with Crippen molar-refractivity contribution in [2.75, 3.05) is 6.61 Å². The highest BCUT2D eigenvalue weighted by Gasteiger charge is 2.50. The van der Waals surface area contributed by atoms with Crippen LogP contribution in [0.4, 0.5) is 0 Å². The summed E-state index contributed by atoms with van der Waals surface area (Å²) in [5.74, 6) is -5.29. The van der Waals surface area contributed by atoms with Crippen LogP contribution in [0.1, 0.15) is 20.3 Å². The van der Waals surface area contributed by atoms with Crippen molar-refractivity contribution in [1.29, 1.82) is 0 Å². The van der Waals surface area contributed by atoms with Crippen LogP contribution in [0.2, 0.25) is 0 Å². The maximum absolute atomic E-state index is 10.8. The molecule has 0 saturated carbocycles. The third-order valence-electron chi connectivity index (χ3n) is 1.75. The van der Waals surface area contributed by atoms with Gasteiger partial charge in [0.2, 0.25) is 0 Å². The van der Waals surface area contributed by atoms with Gasteiger partial charge in [-0.05, 0) is 5.92 Å². The summed E-state index contributed by atoms with van der Waals surface area (Å²) in [6.45, 7) is 3.23. The second kappa shape index (κ2) is 5.45. The molecule has 0 amide bonds. The maximum atomic E-state index is 10.8. The van der Waals surface area contributed by atoms with E-state index in [4.69, 9.17) is 20.1 Å². The second-order valence-electron chi connectivity index (χ2n) is 3.71. The van der Waals surface area contributed by atoms with E-state index in [-0.39, 0.29) is 12.5 Å². The Bertz CT molecular complexity index is 280. The fourth-order valence-corrected chi connectivity index (χ4v) is 0.939. The first kappa shape index (κ1) is 14.4. The Balaban J connectivity index is 5.02. The molecule has 0 unspecified atom stereocenters. The molecule has 0 saturated heterocycles. The quantitative estimate of drug-likeness (QED) is 0.531. The molecule has 0 aliphatic carbocycles. The molecule has 0 heterocycles. The predicted octanol–water partition coefficient (Wildman–Crippen LogP) is 0.0417. The zero-order valence-corrected chi connectivity index (χ0v) is 8.97. The minimum Gasteiger partial charge on any atom is -0.481 e. The van der Waals surface area contributed by atoms with E-state index in [1.54, 1.807) is 13.8 Å². The Morgan fingerprint density at radius 2 is 1.56 bits per heavy atom. The van der Waals surface area contributed by atoms with Gasteiger partial charge in [-0.3, -0.25) is 4.79 Å². The van der Waals surface area contributed by atoms with Crippen LogP contribution in [0.15, 0.2) is 0 Å². The molecule has 7 heteroatoms. The molecule has 0 radical (unpaired) electrons. The summed E-state index contributed by atoms with van der Waals surface area (Å²) in [4.78, 5) is 32.1. The maximum Gasteiger partial charge on any atom is 0.348 e. The van der Waals surface area contributed by atoms with Gasteiger partial charge in [0.25, 0.3) is 5.60 Å². The molecule has 92 valence electrons. The van der Waals surface area contributed by atoms with Crippen molar-refractivity contribution in [2.24, 2.45) is 5.92 Å². The Morgan fingerprint density at radius 1 is 1.12 bits per heavy atom. The molecule has 0 aliphatic heterocycles. The van der Waals surface area contributed by atoms with E-state index >= 15 is 0 Å². The van der Waals surface area contributed by atoms with Crippen LogP contribution in [0.25, 0.3) is 0 Å². The molecule has 0 atom stereocenters. The van der Waals surface area contributed by atoms with Gasteiger partial charge in [0, 0.05) is 0 Å². The SMILES string of the molecule is CC(C)COC(CC(=O)O)(C(=O)O)C(=O)O. The average molecular weight is 234 g/mol. The molecule has 0 bridgehead atoms. The molecule has 0 aromatic carbocycles. The Kier molecular flexibility index (Phi) is 4.90. The summed E-state index contributed by atoms with van der Waals surface area (Å²) >= 11 is 0. The highest BCUT2D eigenvalue weighted by atomic mass is 16.6. The van der Waals surface area contributed by atoms with E-state index in [0.29, 0.717) is 0 Å². The predicted molar refractivity (Wildman–Crippen MR) is 51.0 cm³/mol. The smallest absolute Gasteiger partial charge is 0.348 e. The third-order valence-corrected chi connectivity index (χ3v) is 1.75. The van der Waals surface area contributed by atoms with Gasteiger partial charge in [-0.25, -0.2) is 9.59 Å². The van der Waals surface area contributed by atoms with Gasteiger partial charge in [0.1, 0.15) is 0 Å². The van der Waals surface area contributed by atoms with E-state index in [1.165, 1.54) is 0 Å². The summed E-state index contributed by atoms with van der Waals surface area (Å²) in [6, 6.07) is 0. The number of hydrogen-bond donors (Lipinski definition) is 3. The Labute approximate surface area is 91.6 Å². The summed E-state index contributed by atoms with van der Waals surface area (Å²) in [5.41, 5.74) is -2.71. The summed E-state index contributed by atoms with van der Waals surface area (Å²) in [5, 5.41) is 26.1. The molecule has 3 N–H and O–H groups in total. The first-order chi connectivity index (χ1) is 7.22. The van der Waals surface area contributed by atoms with Crippen molar-refractivity contribution < 1.29 is 34.4 Å². The first-order valence-corrected chi connectivity index (χ1v) is 4.55. The topological polar surface area (TPSA) is 121 Å². The van der Waals surface area contributed by atoms with E-state index in [0.717, 1.165) is 0 Å². The summed E-state index contributed by atoms with van der Waals surface area (Å²) in [7, 11) is 0. The minimum atomic E-state index is -2.71. The summed E-state index contributed by atoms with van der Waals surface area (Å²) < 4.78 is 4.74. The number of carboxylic acids is 3. The number of ether oxygens (including phenoxy) is 1. The monoisotopic (exact) mass is 234 g/mol. The van der Waals surface area contributed by atoms with Crippen molar-refractivity contribution in [1.82, 2.24) is 0 Å². The van der Waals surface area contributed by atoms with Crippen LogP contribution >= 0.6 is 0 Å². The van der Waals surface area contributed by atoms with Crippen LogP contribution in [0, 0.1) is 5.92 Å². The van der Waals surface area contributed by atoms with Gasteiger partial charge in [0.05, 0.1) is 13.0 Å². The number of rotatable bonds is 7. The van der Waals surface area contributed by atoms with Gasteiger partial charge in [-0.15, -0.1) is 0 Å². The second-order valence-corrected chi connectivity index (χ2v) is 3.71. The van der Waals surface area contributed by atoms with Gasteiger partial charge >= 0.3 is 17.9 Å². The van der Waals surface area contributed by atoms with Crippen molar-refractivity contribution >= 4 is 17.9 Å². The van der Waals surface area contributed by atoms with Crippen LogP contribution in [-0.4, -0.2) is 45.4 Å². The van der Waals surface area contributed by atoms with Crippen molar-refractivity contribution in [3.8, 4) is 0 Å². The Hall–Kier alpha value is -1.63. The molecule has 0 aromatic heterocycles. The van der Waals surface area contributed by atoms with Crippen molar-refractivity contribution in [3.05, 3.63) is 0 Å². The van der Waals surface area contributed by atoms with Crippen LogP contribution in [0.3, 0.4) is 0 Å². The zero-order valence-electron chi connectivity index (χ0n) is 8.97. The van der Waals surface area contributed by atoms with Gasteiger partial charge < -0.3 is 20.1 Å². The third kappa shape index (κ3) is 3.50. The average Bonchev–Trinajstić information content (AvgIpc) is 2.10. The van der Waals surface area contributed by atoms with Crippen molar-refractivity contribution in [2.45, 2.75) is 25.9 Å². The van der Waals surface area contributed by atoms with Gasteiger partial charge in [-0.2, -0.15) is 0 Å². The summed E-state index contributed by atoms with van der Waals surface area (Å²) in [6.07, 6.45) is -1.12. The molecule has 0 fully saturated rings. The molecular weight excluding hydrogens is 220 g/mol. The molecule has 16 heavy (non-hydrogen) atoms. The number of carboxylic acid groups (broad SMARTS) is 3. The van der Waals surface area contributed by atoms with E-state index in [1.807, 2.05) is 0 Å². The number of carbonyl (C=O) groups is 3.